The van der Waals surface area contributed by atoms with Crippen LogP contribution < -0.4 is 10.5 Å². The Morgan fingerprint density at radius 3 is 2.38 bits per heavy atom. The monoisotopic (exact) mass is 475 g/mol. The van der Waals surface area contributed by atoms with Crippen molar-refractivity contribution in [2.75, 3.05) is 5.94 Å². The molecule has 0 atom stereocenters. The van der Waals surface area contributed by atoms with Gasteiger partial charge in [0.05, 0.1) is 10.7 Å². The Morgan fingerprint density at radius 1 is 1.14 bits per heavy atom. The summed E-state index contributed by atoms with van der Waals surface area (Å²) in [5, 5.41) is 0.718. The van der Waals surface area contributed by atoms with Crippen LogP contribution in [0.1, 0.15) is 26.5 Å². The molecule has 29 heavy (non-hydrogen) atoms. The number of nitrogens with zero attached hydrogens (tertiary/aromatic N) is 1. The largest absolute Gasteiger partial charge is 0.481 e. The summed E-state index contributed by atoms with van der Waals surface area (Å²) < 4.78 is 26.5. The maximum absolute atomic E-state index is 14.6. The topological polar surface area (TPSA) is 44.4 Å². The van der Waals surface area contributed by atoms with Crippen molar-refractivity contribution in [2.45, 2.75) is 31.1 Å². The van der Waals surface area contributed by atoms with Crippen molar-refractivity contribution in [1.29, 1.82) is 0 Å². The van der Waals surface area contributed by atoms with E-state index in [4.69, 9.17) is 44.0 Å². The molecule has 0 saturated heterocycles. The molecule has 0 spiro atoms. The molecule has 0 fully saturated rings. The van der Waals surface area contributed by atoms with Gasteiger partial charge in [0.2, 0.25) is 0 Å². The third kappa shape index (κ3) is 4.94. The second-order valence-corrected chi connectivity index (χ2v) is 9.37. The van der Waals surface area contributed by atoms with E-state index in [9.17, 15) is 9.18 Å². The van der Waals surface area contributed by atoms with Crippen molar-refractivity contribution >= 4 is 46.6 Å². The van der Waals surface area contributed by atoms with Crippen molar-refractivity contribution in [3.8, 4) is 11.4 Å². The summed E-state index contributed by atoms with van der Waals surface area (Å²) in [5.41, 5.74) is -0.631. The summed E-state index contributed by atoms with van der Waals surface area (Å²) >= 11 is 19.7. The van der Waals surface area contributed by atoms with Gasteiger partial charge in [0.15, 0.2) is 10.9 Å². The number of aromatic nitrogens is 1. The van der Waals surface area contributed by atoms with Crippen molar-refractivity contribution < 1.29 is 13.5 Å². The molecule has 9 heteroatoms. The average Bonchev–Trinajstić information content (AvgIpc) is 2.93. The number of ether oxygens (including phenoxy) is 1. The van der Waals surface area contributed by atoms with Crippen LogP contribution >= 0.6 is 46.6 Å². The number of halogens is 4. The highest BCUT2D eigenvalue weighted by atomic mass is 35.5. The number of benzene rings is 2. The first-order chi connectivity index (χ1) is 13.6. The van der Waals surface area contributed by atoms with Crippen LogP contribution in [0.2, 0.25) is 15.2 Å². The molecular formula is C20H17Cl3FNO3S. The minimum atomic E-state index is -0.789. The van der Waals surface area contributed by atoms with Crippen LogP contribution in [0.3, 0.4) is 0 Å². The number of hydrogen-bond donors (Lipinski definition) is 0. The maximum Gasteiger partial charge on any atom is 0.425 e. The van der Waals surface area contributed by atoms with Crippen molar-refractivity contribution in [3.05, 3.63) is 73.7 Å². The molecule has 4 nitrogen and oxygen atoms in total. The van der Waals surface area contributed by atoms with Crippen LogP contribution in [-0.4, -0.2) is 10.5 Å². The predicted octanol–water partition coefficient (Wildman–Crippen LogP) is 6.96. The van der Waals surface area contributed by atoms with E-state index in [1.165, 1.54) is 17.8 Å². The van der Waals surface area contributed by atoms with Crippen LogP contribution in [0, 0.1) is 5.82 Å². The van der Waals surface area contributed by atoms with Gasteiger partial charge in [-0.1, -0.05) is 67.3 Å². The molecule has 3 aromatic rings. The van der Waals surface area contributed by atoms with Gasteiger partial charge in [0, 0.05) is 21.4 Å². The molecule has 0 aliphatic rings. The van der Waals surface area contributed by atoms with Gasteiger partial charge >= 0.3 is 5.76 Å². The Kier molecular flexibility index (Phi) is 6.58. The molecule has 0 N–H and O–H groups in total. The van der Waals surface area contributed by atoms with Gasteiger partial charge in [-0.25, -0.2) is 13.8 Å². The zero-order chi connectivity index (χ0) is 21.3. The van der Waals surface area contributed by atoms with Gasteiger partial charge in [-0.3, -0.25) is 0 Å². The van der Waals surface area contributed by atoms with Gasteiger partial charge in [-0.15, -0.1) is 0 Å². The Labute approximate surface area is 186 Å². The molecular weight excluding hydrogens is 460 g/mol. The van der Waals surface area contributed by atoms with Crippen LogP contribution in [-0.2, 0) is 5.41 Å². The summed E-state index contributed by atoms with van der Waals surface area (Å²) in [7, 11) is 0. The van der Waals surface area contributed by atoms with Gasteiger partial charge in [-0.2, -0.15) is 0 Å². The molecule has 0 radical (unpaired) electrons. The Balaban J connectivity index is 1.89. The van der Waals surface area contributed by atoms with E-state index in [-0.39, 0.29) is 33.3 Å². The van der Waals surface area contributed by atoms with Crippen LogP contribution in [0.15, 0.2) is 50.5 Å². The van der Waals surface area contributed by atoms with Crippen LogP contribution in [0.25, 0.3) is 5.69 Å². The van der Waals surface area contributed by atoms with E-state index in [2.05, 4.69) is 0 Å². The summed E-state index contributed by atoms with van der Waals surface area (Å²) in [6, 6.07) is 9.65. The molecule has 0 bridgehead atoms. The fourth-order valence-electron chi connectivity index (χ4n) is 2.52. The first kappa shape index (κ1) is 22.1. The van der Waals surface area contributed by atoms with Crippen LogP contribution in [0.4, 0.5) is 4.39 Å². The number of oxazole rings is 1. The second kappa shape index (κ2) is 8.64. The SMILES string of the molecule is CC(C)(C)c1oc(=O)n(-c2cc(OCSc3ccc(Cl)cc3)c(Cl)cc2F)c1Cl. The molecule has 1 aromatic heterocycles. The van der Waals surface area contributed by atoms with E-state index in [1.54, 1.807) is 12.1 Å². The van der Waals surface area contributed by atoms with Crippen molar-refractivity contribution in [2.24, 2.45) is 0 Å². The Morgan fingerprint density at radius 2 is 1.79 bits per heavy atom. The normalized spacial score (nSPS) is 11.7. The Hall–Kier alpha value is -1.60. The summed E-state index contributed by atoms with van der Waals surface area (Å²) in [6.07, 6.45) is 0. The molecule has 3 rings (SSSR count). The Bertz CT molecular complexity index is 1090. The fourth-order valence-corrected chi connectivity index (χ4v) is 3.98. The number of thioether (sulfide) groups is 1. The average molecular weight is 477 g/mol. The minimum absolute atomic E-state index is 0.00483. The molecule has 0 aliphatic carbocycles. The minimum Gasteiger partial charge on any atom is -0.481 e. The molecule has 0 amide bonds. The first-order valence-electron chi connectivity index (χ1n) is 8.50. The van der Waals surface area contributed by atoms with E-state index in [0.29, 0.717) is 5.02 Å². The van der Waals surface area contributed by atoms with E-state index in [0.717, 1.165) is 15.5 Å². The predicted molar refractivity (Wildman–Crippen MR) is 116 cm³/mol. The van der Waals surface area contributed by atoms with Gasteiger partial charge in [0.25, 0.3) is 0 Å². The number of hydrogen-bond acceptors (Lipinski definition) is 4. The van der Waals surface area contributed by atoms with Gasteiger partial charge in [-0.05, 0) is 30.3 Å². The molecule has 0 unspecified atom stereocenters. The molecule has 0 saturated carbocycles. The molecule has 1 heterocycles. The highest BCUT2D eigenvalue weighted by molar-refractivity contribution is 7.99. The smallest absolute Gasteiger partial charge is 0.425 e. The fraction of sp³-hybridized carbons (Fsp3) is 0.250. The lowest BCUT2D eigenvalue weighted by Crippen LogP contribution is -2.14. The first-order valence-corrected chi connectivity index (χ1v) is 10.6. The van der Waals surface area contributed by atoms with Crippen molar-refractivity contribution in [3.63, 3.8) is 0 Å². The van der Waals surface area contributed by atoms with Gasteiger partial charge < -0.3 is 9.15 Å². The number of rotatable bonds is 5. The lowest BCUT2D eigenvalue weighted by atomic mass is 9.94. The van der Waals surface area contributed by atoms with E-state index in [1.807, 2.05) is 32.9 Å². The summed E-state index contributed by atoms with van der Waals surface area (Å²) in [4.78, 5) is 13.3. The third-order valence-electron chi connectivity index (χ3n) is 3.93. The lowest BCUT2D eigenvalue weighted by Gasteiger charge is -2.15. The highest BCUT2D eigenvalue weighted by Crippen LogP contribution is 2.35. The second-order valence-electron chi connectivity index (χ2n) is 7.17. The lowest BCUT2D eigenvalue weighted by molar-refractivity contribution is 0.384. The maximum atomic E-state index is 14.6. The summed E-state index contributed by atoms with van der Waals surface area (Å²) in [5.74, 6) is -0.820. The summed E-state index contributed by atoms with van der Waals surface area (Å²) in [6.45, 7) is 5.51. The van der Waals surface area contributed by atoms with Crippen molar-refractivity contribution in [1.82, 2.24) is 4.57 Å². The van der Waals surface area contributed by atoms with Crippen LogP contribution in [0.5, 0.6) is 5.75 Å². The highest BCUT2D eigenvalue weighted by Gasteiger charge is 2.28. The molecule has 0 aliphatic heterocycles. The quantitative estimate of drug-likeness (QED) is 0.295. The molecule has 2 aromatic carbocycles. The standard InChI is InChI=1S/C20H17Cl3FNO3S/c1-20(2,3)17-18(23)25(19(26)28-17)15-9-16(13(22)8-14(15)24)27-10-29-12-6-4-11(21)5-7-12/h4-9H,10H2,1-3H3. The zero-order valence-electron chi connectivity index (χ0n) is 15.8. The van der Waals surface area contributed by atoms with Gasteiger partial charge in [0.1, 0.15) is 17.5 Å². The molecule has 154 valence electrons. The van der Waals surface area contributed by atoms with E-state index >= 15 is 0 Å². The zero-order valence-corrected chi connectivity index (χ0v) is 18.8. The van der Waals surface area contributed by atoms with E-state index < -0.39 is 17.0 Å². The third-order valence-corrected chi connectivity index (χ3v) is 5.66.